The fourth-order valence-electron chi connectivity index (χ4n) is 4.45. The fourth-order valence-corrected chi connectivity index (χ4v) is 5.75. The Morgan fingerprint density at radius 3 is 2.12 bits per heavy atom. The van der Waals surface area contributed by atoms with Crippen LogP contribution < -0.4 is 0 Å². The van der Waals surface area contributed by atoms with Gasteiger partial charge in [-0.1, -0.05) is 60.2 Å². The van der Waals surface area contributed by atoms with Crippen molar-refractivity contribution in [3.05, 3.63) is 125 Å². The van der Waals surface area contributed by atoms with Gasteiger partial charge in [0.2, 0.25) is 0 Å². The number of hydrogen-bond donors (Lipinski definition) is 1. The second kappa shape index (κ2) is 13.5. The molecule has 41 heavy (non-hydrogen) atoms. The molecule has 214 valence electrons. The van der Waals surface area contributed by atoms with Crippen molar-refractivity contribution in [3.63, 3.8) is 0 Å². The van der Waals surface area contributed by atoms with Gasteiger partial charge in [0.1, 0.15) is 18.8 Å². The maximum absolute atomic E-state index is 13.1. The van der Waals surface area contributed by atoms with E-state index in [9.17, 15) is 23.1 Å². The molecule has 4 rings (SSSR count). The van der Waals surface area contributed by atoms with Crippen LogP contribution in [0.1, 0.15) is 39.1 Å². The van der Waals surface area contributed by atoms with Gasteiger partial charge in [0.05, 0.1) is 28.2 Å². The zero-order chi connectivity index (χ0) is 29.4. The van der Waals surface area contributed by atoms with Gasteiger partial charge in [-0.3, -0.25) is 0 Å². The van der Waals surface area contributed by atoms with Gasteiger partial charge >= 0.3 is 11.9 Å². The Morgan fingerprint density at radius 1 is 0.951 bits per heavy atom. The second-order valence-electron chi connectivity index (χ2n) is 9.70. The molecule has 1 N–H and O–H groups in total. The maximum Gasteiger partial charge on any atom is 0.338 e. The van der Waals surface area contributed by atoms with E-state index in [1.165, 1.54) is 12.1 Å². The standard InChI is InChI=1S/C32H32O8S/c1-3-10-28-27(21-41(36,37)26-17-15-22(2)16-18-26)30(33)29(40-28)19-25(39-32(35)24-13-8-5-9-14-24)20-38-31(34)23-11-6-4-7-12-23/h3-9,11-18,21,25,28-30,33H,1,10,19-20H2,2H3/b27-21-/t25-,28+,29-,30-/m1/s1. The van der Waals surface area contributed by atoms with E-state index >= 15 is 0 Å². The summed E-state index contributed by atoms with van der Waals surface area (Å²) < 4.78 is 43.5. The SMILES string of the molecule is C=CC[C@@H]1O[C@H](C[C@H](COC(=O)c2ccccc2)OC(=O)c2ccccc2)[C@H](O)/C1=C\S(=O)(=O)c1ccc(C)cc1. The van der Waals surface area contributed by atoms with E-state index in [0.29, 0.717) is 11.1 Å². The first-order valence-corrected chi connectivity index (χ1v) is 14.7. The summed E-state index contributed by atoms with van der Waals surface area (Å²) in [6, 6.07) is 23.1. The van der Waals surface area contributed by atoms with Crippen LogP contribution >= 0.6 is 0 Å². The molecule has 1 fully saturated rings. The number of rotatable bonds is 11. The summed E-state index contributed by atoms with van der Waals surface area (Å²) in [5.41, 5.74) is 1.71. The van der Waals surface area contributed by atoms with Crippen LogP contribution in [-0.2, 0) is 24.0 Å². The zero-order valence-corrected chi connectivity index (χ0v) is 23.4. The van der Waals surface area contributed by atoms with Crippen LogP contribution in [0.5, 0.6) is 0 Å². The van der Waals surface area contributed by atoms with Crippen molar-refractivity contribution in [2.75, 3.05) is 6.61 Å². The first kappa shape index (κ1) is 29.9. The average molecular weight is 577 g/mol. The lowest BCUT2D eigenvalue weighted by Gasteiger charge is -2.22. The monoisotopic (exact) mass is 576 g/mol. The Balaban J connectivity index is 1.55. The summed E-state index contributed by atoms with van der Waals surface area (Å²) in [7, 11) is -3.89. The molecule has 0 aliphatic carbocycles. The molecular weight excluding hydrogens is 544 g/mol. The van der Waals surface area contributed by atoms with Gasteiger partial charge in [0, 0.05) is 17.4 Å². The molecule has 0 saturated carbocycles. The van der Waals surface area contributed by atoms with E-state index in [4.69, 9.17) is 14.2 Å². The Kier molecular flexibility index (Phi) is 9.88. The van der Waals surface area contributed by atoms with Crippen molar-refractivity contribution in [2.24, 2.45) is 0 Å². The third kappa shape index (κ3) is 7.79. The molecule has 3 aromatic rings. The van der Waals surface area contributed by atoms with Crippen molar-refractivity contribution < 1.29 is 37.3 Å². The van der Waals surface area contributed by atoms with E-state index in [1.54, 1.807) is 78.9 Å². The molecule has 0 spiro atoms. The maximum atomic E-state index is 13.1. The second-order valence-corrected chi connectivity index (χ2v) is 11.5. The first-order chi connectivity index (χ1) is 19.7. The van der Waals surface area contributed by atoms with Gasteiger partial charge in [-0.05, 0) is 49.7 Å². The zero-order valence-electron chi connectivity index (χ0n) is 22.6. The molecule has 0 radical (unpaired) electrons. The first-order valence-electron chi connectivity index (χ1n) is 13.1. The molecule has 0 amide bonds. The molecular formula is C32H32O8S. The fraction of sp³-hybridized carbons (Fsp3) is 0.250. The van der Waals surface area contributed by atoms with E-state index in [-0.39, 0.29) is 29.9 Å². The van der Waals surface area contributed by atoms with Crippen LogP contribution in [0.2, 0.25) is 0 Å². The van der Waals surface area contributed by atoms with Gasteiger partial charge in [0.15, 0.2) is 9.84 Å². The summed E-state index contributed by atoms with van der Waals surface area (Å²) in [4.78, 5) is 25.5. The quantitative estimate of drug-likeness (QED) is 0.255. The van der Waals surface area contributed by atoms with E-state index in [2.05, 4.69) is 6.58 Å². The van der Waals surface area contributed by atoms with E-state index in [0.717, 1.165) is 11.0 Å². The van der Waals surface area contributed by atoms with Crippen LogP contribution in [0.15, 0.2) is 113 Å². The molecule has 1 aliphatic heterocycles. The largest absolute Gasteiger partial charge is 0.458 e. The number of ether oxygens (including phenoxy) is 3. The van der Waals surface area contributed by atoms with Crippen LogP contribution in [0.4, 0.5) is 0 Å². The van der Waals surface area contributed by atoms with Crippen LogP contribution in [0.25, 0.3) is 0 Å². The lowest BCUT2D eigenvalue weighted by Crippen LogP contribution is -2.33. The predicted molar refractivity (Wildman–Crippen MR) is 153 cm³/mol. The smallest absolute Gasteiger partial charge is 0.338 e. The van der Waals surface area contributed by atoms with Crippen molar-refractivity contribution in [1.82, 2.24) is 0 Å². The predicted octanol–water partition coefficient (Wildman–Crippen LogP) is 4.83. The summed E-state index contributed by atoms with van der Waals surface area (Å²) in [5, 5.41) is 12.3. The molecule has 1 saturated heterocycles. The van der Waals surface area contributed by atoms with Gasteiger partial charge in [-0.25, -0.2) is 18.0 Å². The van der Waals surface area contributed by atoms with E-state index < -0.39 is 46.2 Å². The van der Waals surface area contributed by atoms with Gasteiger partial charge in [-0.2, -0.15) is 0 Å². The number of esters is 2. The van der Waals surface area contributed by atoms with Crippen molar-refractivity contribution >= 4 is 21.8 Å². The van der Waals surface area contributed by atoms with Crippen LogP contribution in [0.3, 0.4) is 0 Å². The third-order valence-corrected chi connectivity index (χ3v) is 8.13. The molecule has 3 aromatic carbocycles. The van der Waals surface area contributed by atoms with Crippen LogP contribution in [-0.4, -0.2) is 56.5 Å². The highest BCUT2D eigenvalue weighted by molar-refractivity contribution is 7.94. The number of sulfone groups is 1. The minimum atomic E-state index is -3.89. The summed E-state index contributed by atoms with van der Waals surface area (Å²) in [5.74, 6) is -1.24. The lowest BCUT2D eigenvalue weighted by molar-refractivity contribution is -0.0449. The molecule has 1 heterocycles. The molecule has 0 unspecified atom stereocenters. The minimum absolute atomic E-state index is 0.0582. The Hall–Kier alpha value is -4.05. The highest BCUT2D eigenvalue weighted by Gasteiger charge is 2.41. The number of aliphatic hydroxyl groups excluding tert-OH is 1. The molecule has 0 bridgehead atoms. The van der Waals surface area contributed by atoms with Gasteiger partial charge < -0.3 is 19.3 Å². The van der Waals surface area contributed by atoms with Crippen molar-refractivity contribution in [3.8, 4) is 0 Å². The number of hydrogen-bond acceptors (Lipinski definition) is 8. The minimum Gasteiger partial charge on any atom is -0.458 e. The van der Waals surface area contributed by atoms with E-state index in [1.807, 2.05) is 6.92 Å². The Morgan fingerprint density at radius 2 is 1.54 bits per heavy atom. The molecule has 0 aromatic heterocycles. The number of benzene rings is 3. The molecule has 1 aliphatic rings. The molecule has 9 heteroatoms. The summed E-state index contributed by atoms with van der Waals surface area (Å²) in [6.07, 6.45) is -2.25. The van der Waals surface area contributed by atoms with Gasteiger partial charge in [0.25, 0.3) is 0 Å². The highest BCUT2D eigenvalue weighted by Crippen LogP contribution is 2.33. The van der Waals surface area contributed by atoms with Crippen molar-refractivity contribution in [2.45, 2.75) is 49.1 Å². The Labute approximate surface area is 239 Å². The normalized spacial score (nSPS) is 20.3. The third-order valence-electron chi connectivity index (χ3n) is 6.61. The summed E-state index contributed by atoms with van der Waals surface area (Å²) in [6.45, 7) is 5.27. The number of aryl methyl sites for hydroxylation is 1. The molecule has 8 nitrogen and oxygen atoms in total. The number of carbonyl (C=O) groups excluding carboxylic acids is 2. The molecule has 4 atom stereocenters. The topological polar surface area (TPSA) is 116 Å². The average Bonchev–Trinajstić information content (AvgIpc) is 3.25. The summed E-state index contributed by atoms with van der Waals surface area (Å²) >= 11 is 0. The number of carbonyl (C=O) groups is 2. The highest BCUT2D eigenvalue weighted by atomic mass is 32.2. The van der Waals surface area contributed by atoms with Crippen molar-refractivity contribution in [1.29, 1.82) is 0 Å². The number of aliphatic hydroxyl groups is 1. The van der Waals surface area contributed by atoms with Gasteiger partial charge in [-0.15, -0.1) is 6.58 Å². The lowest BCUT2D eigenvalue weighted by atomic mass is 10.0. The Bertz CT molecular complexity index is 1480. The van der Waals surface area contributed by atoms with Crippen LogP contribution in [0, 0.1) is 6.92 Å².